The second-order valence-electron chi connectivity index (χ2n) is 4.61. The van der Waals surface area contributed by atoms with Crippen molar-refractivity contribution in [3.8, 4) is 16.9 Å². The fraction of sp³-hybridized carbons (Fsp3) is 0.133. The third-order valence-electron chi connectivity index (χ3n) is 3.14. The molecular weight excluding hydrogens is 320 g/mol. The van der Waals surface area contributed by atoms with E-state index in [1.165, 1.54) is 17.6 Å². The number of amides is 1. The van der Waals surface area contributed by atoms with Gasteiger partial charge >= 0.3 is 0 Å². The summed E-state index contributed by atoms with van der Waals surface area (Å²) in [6, 6.07) is 13.6. The molecule has 8 heteroatoms. The van der Waals surface area contributed by atoms with Crippen LogP contribution in [-0.2, 0) is 14.8 Å². The third kappa shape index (κ3) is 4.28. The summed E-state index contributed by atoms with van der Waals surface area (Å²) >= 11 is 0. The number of benzene rings is 2. The predicted molar refractivity (Wildman–Crippen MR) is 83.5 cm³/mol. The fourth-order valence-electron chi connectivity index (χ4n) is 1.89. The van der Waals surface area contributed by atoms with E-state index in [9.17, 15) is 13.2 Å². The van der Waals surface area contributed by atoms with Crippen molar-refractivity contribution >= 4 is 15.9 Å². The second-order valence-corrected chi connectivity index (χ2v) is 6.38. The molecular formula is C15H16N2O5S. The van der Waals surface area contributed by atoms with Crippen molar-refractivity contribution in [3.05, 3.63) is 48.5 Å². The first-order chi connectivity index (χ1) is 11.0. The molecule has 23 heavy (non-hydrogen) atoms. The smallest absolute Gasteiger partial charge is 0.258 e. The molecule has 2 aromatic rings. The molecule has 0 heterocycles. The van der Waals surface area contributed by atoms with Crippen molar-refractivity contribution in [1.82, 2.24) is 10.2 Å². The Kier molecular flexibility index (Phi) is 5.32. The highest BCUT2D eigenvalue weighted by Crippen LogP contribution is 2.23. The van der Waals surface area contributed by atoms with E-state index in [2.05, 4.69) is 4.72 Å². The highest BCUT2D eigenvalue weighted by atomic mass is 32.2. The molecule has 0 radical (unpaired) electrons. The lowest BCUT2D eigenvalue weighted by atomic mass is 10.1. The van der Waals surface area contributed by atoms with Gasteiger partial charge in [0.15, 0.2) is 0 Å². The van der Waals surface area contributed by atoms with Crippen LogP contribution in [0.2, 0.25) is 0 Å². The number of carbonyl (C=O) groups excluding carboxylic acids is 1. The first-order valence-electron chi connectivity index (χ1n) is 6.63. The molecule has 0 aliphatic rings. The van der Waals surface area contributed by atoms with Crippen LogP contribution in [0.25, 0.3) is 11.1 Å². The lowest BCUT2D eigenvalue weighted by Crippen LogP contribution is -2.35. The standard InChI is InChI=1S/C15H16N2O5S/c1-22-13-6-2-11(3-7-13)12-4-8-14(9-5-12)23(20,21)16-10-15(18)17-19/h2-9,16,19H,10H2,1H3,(H,17,18). The van der Waals surface area contributed by atoms with Gasteiger partial charge in [0, 0.05) is 0 Å². The van der Waals surface area contributed by atoms with E-state index in [0.717, 1.165) is 16.9 Å². The van der Waals surface area contributed by atoms with Gasteiger partial charge in [-0.05, 0) is 35.4 Å². The van der Waals surface area contributed by atoms with Gasteiger partial charge in [0.05, 0.1) is 18.6 Å². The largest absolute Gasteiger partial charge is 0.497 e. The Balaban J connectivity index is 2.16. The number of ether oxygens (including phenoxy) is 1. The molecule has 0 saturated carbocycles. The number of hydrogen-bond donors (Lipinski definition) is 3. The summed E-state index contributed by atoms with van der Waals surface area (Å²) in [4.78, 5) is 10.9. The minimum atomic E-state index is -3.82. The van der Waals surface area contributed by atoms with E-state index in [0.29, 0.717) is 0 Å². The Bertz CT molecular complexity index is 771. The third-order valence-corrected chi connectivity index (χ3v) is 4.55. The Morgan fingerprint density at radius 3 is 2.04 bits per heavy atom. The van der Waals surface area contributed by atoms with Crippen LogP contribution in [0.4, 0.5) is 0 Å². The van der Waals surface area contributed by atoms with Crippen molar-refractivity contribution in [2.24, 2.45) is 0 Å². The van der Waals surface area contributed by atoms with Gasteiger partial charge in [-0.3, -0.25) is 10.0 Å². The van der Waals surface area contributed by atoms with Crippen LogP contribution in [0.15, 0.2) is 53.4 Å². The number of sulfonamides is 1. The van der Waals surface area contributed by atoms with Crippen molar-refractivity contribution in [2.45, 2.75) is 4.90 Å². The van der Waals surface area contributed by atoms with E-state index >= 15 is 0 Å². The van der Waals surface area contributed by atoms with Gasteiger partial charge in [-0.1, -0.05) is 24.3 Å². The first kappa shape index (κ1) is 16.9. The average molecular weight is 336 g/mol. The van der Waals surface area contributed by atoms with Crippen LogP contribution in [0.5, 0.6) is 5.75 Å². The molecule has 0 bridgehead atoms. The molecule has 0 aliphatic carbocycles. The number of rotatable bonds is 6. The van der Waals surface area contributed by atoms with Crippen molar-refractivity contribution in [2.75, 3.05) is 13.7 Å². The van der Waals surface area contributed by atoms with Gasteiger partial charge in [-0.25, -0.2) is 18.6 Å². The number of nitrogens with one attached hydrogen (secondary N) is 2. The SMILES string of the molecule is COc1ccc(-c2ccc(S(=O)(=O)NCC(=O)NO)cc2)cc1. The summed E-state index contributed by atoms with van der Waals surface area (Å²) in [7, 11) is -2.23. The second kappa shape index (κ2) is 7.23. The fourth-order valence-corrected chi connectivity index (χ4v) is 2.88. The van der Waals surface area contributed by atoms with E-state index < -0.39 is 22.5 Å². The molecule has 0 unspecified atom stereocenters. The van der Waals surface area contributed by atoms with E-state index in [1.54, 1.807) is 19.2 Å². The van der Waals surface area contributed by atoms with E-state index in [1.807, 2.05) is 24.3 Å². The van der Waals surface area contributed by atoms with Crippen LogP contribution in [0, 0.1) is 0 Å². The number of methoxy groups -OCH3 is 1. The topological polar surface area (TPSA) is 105 Å². The Morgan fingerprint density at radius 1 is 1.04 bits per heavy atom. The lowest BCUT2D eigenvalue weighted by Gasteiger charge is -2.07. The molecule has 0 atom stereocenters. The van der Waals surface area contributed by atoms with Gasteiger partial charge in [0.1, 0.15) is 5.75 Å². The number of carbonyl (C=O) groups is 1. The normalized spacial score (nSPS) is 11.0. The summed E-state index contributed by atoms with van der Waals surface area (Å²) in [6.45, 7) is -0.543. The molecule has 0 aromatic heterocycles. The zero-order chi connectivity index (χ0) is 16.9. The van der Waals surface area contributed by atoms with Crippen LogP contribution >= 0.6 is 0 Å². The maximum Gasteiger partial charge on any atom is 0.258 e. The highest BCUT2D eigenvalue weighted by Gasteiger charge is 2.15. The summed E-state index contributed by atoms with van der Waals surface area (Å²) in [5, 5.41) is 8.36. The van der Waals surface area contributed by atoms with Crippen molar-refractivity contribution in [3.63, 3.8) is 0 Å². The Morgan fingerprint density at radius 2 is 1.57 bits per heavy atom. The highest BCUT2D eigenvalue weighted by molar-refractivity contribution is 7.89. The average Bonchev–Trinajstić information content (AvgIpc) is 2.60. The molecule has 1 amide bonds. The molecule has 0 fully saturated rings. The van der Waals surface area contributed by atoms with Crippen molar-refractivity contribution in [1.29, 1.82) is 0 Å². The Labute approximate surface area is 133 Å². The minimum absolute atomic E-state index is 0.0282. The maximum absolute atomic E-state index is 12.0. The van der Waals surface area contributed by atoms with Crippen LogP contribution < -0.4 is 14.9 Å². The summed E-state index contributed by atoms with van der Waals surface area (Å²) in [6.07, 6.45) is 0. The number of hydrogen-bond acceptors (Lipinski definition) is 5. The van der Waals surface area contributed by atoms with E-state index in [4.69, 9.17) is 9.94 Å². The minimum Gasteiger partial charge on any atom is -0.497 e. The molecule has 3 N–H and O–H groups in total. The van der Waals surface area contributed by atoms with Crippen LogP contribution in [0.3, 0.4) is 0 Å². The molecule has 2 aromatic carbocycles. The zero-order valence-electron chi connectivity index (χ0n) is 12.3. The molecule has 2 rings (SSSR count). The summed E-state index contributed by atoms with van der Waals surface area (Å²) in [5.74, 6) is -0.109. The molecule has 0 spiro atoms. The quantitative estimate of drug-likeness (QED) is 0.542. The van der Waals surface area contributed by atoms with Gasteiger partial charge < -0.3 is 4.74 Å². The van der Waals surface area contributed by atoms with Crippen molar-refractivity contribution < 1.29 is 23.2 Å². The van der Waals surface area contributed by atoms with Crippen LogP contribution in [-0.4, -0.2) is 33.2 Å². The lowest BCUT2D eigenvalue weighted by molar-refractivity contribution is -0.127. The Hall–Kier alpha value is -2.42. The zero-order valence-corrected chi connectivity index (χ0v) is 13.1. The predicted octanol–water partition coefficient (Wildman–Crippen LogP) is 1.15. The van der Waals surface area contributed by atoms with Crippen LogP contribution in [0.1, 0.15) is 0 Å². The summed E-state index contributed by atoms with van der Waals surface area (Å²) in [5.41, 5.74) is 3.12. The van der Waals surface area contributed by atoms with Gasteiger partial charge in [-0.15, -0.1) is 0 Å². The maximum atomic E-state index is 12.0. The molecule has 7 nitrogen and oxygen atoms in total. The summed E-state index contributed by atoms with van der Waals surface area (Å²) < 4.78 is 31.2. The van der Waals surface area contributed by atoms with Gasteiger partial charge in [-0.2, -0.15) is 0 Å². The molecule has 0 saturated heterocycles. The monoisotopic (exact) mass is 336 g/mol. The molecule has 0 aliphatic heterocycles. The van der Waals surface area contributed by atoms with E-state index in [-0.39, 0.29) is 4.90 Å². The van der Waals surface area contributed by atoms with Gasteiger partial charge in [0.2, 0.25) is 10.0 Å². The number of hydroxylamine groups is 1. The van der Waals surface area contributed by atoms with Gasteiger partial charge in [0.25, 0.3) is 5.91 Å². The molecule has 122 valence electrons. The first-order valence-corrected chi connectivity index (χ1v) is 8.11.